The molecular weight excluding hydrogens is 535 g/mol. The number of anilines is 1. The second-order valence-electron chi connectivity index (χ2n) is 12.4. The minimum Gasteiger partial charge on any atom is -0.388 e. The smallest absolute Gasteiger partial charge is 0.332 e. The Kier molecular flexibility index (Phi) is 8.39. The number of hydrogen-bond acceptors (Lipinski definition) is 6. The van der Waals surface area contributed by atoms with Gasteiger partial charge in [-0.2, -0.15) is 4.98 Å². The first kappa shape index (κ1) is 29.7. The summed E-state index contributed by atoms with van der Waals surface area (Å²) in [6.07, 6.45) is 1.09. The van der Waals surface area contributed by atoms with Crippen LogP contribution in [0.4, 0.5) is 10.3 Å². The zero-order valence-electron chi connectivity index (χ0n) is 25.2. The summed E-state index contributed by atoms with van der Waals surface area (Å²) in [5.41, 5.74) is 2.99. The number of aryl methyl sites for hydroxylation is 1. The van der Waals surface area contributed by atoms with Crippen molar-refractivity contribution in [2.75, 3.05) is 37.6 Å². The molecule has 42 heavy (non-hydrogen) atoms. The zero-order chi connectivity index (χ0) is 30.2. The molecule has 1 fully saturated rings. The Balaban J connectivity index is 1.27. The number of hydrogen-bond donors (Lipinski definition) is 1. The molecule has 1 N–H and O–H groups in total. The van der Waals surface area contributed by atoms with E-state index >= 15 is 0 Å². The Morgan fingerprint density at radius 1 is 0.929 bits per heavy atom. The molecule has 5 rings (SSSR count). The normalized spacial score (nSPS) is 15.5. The van der Waals surface area contributed by atoms with Gasteiger partial charge in [-0.1, -0.05) is 57.2 Å². The van der Waals surface area contributed by atoms with Crippen LogP contribution in [0.5, 0.6) is 0 Å². The summed E-state index contributed by atoms with van der Waals surface area (Å²) >= 11 is 0. The van der Waals surface area contributed by atoms with Crippen LogP contribution in [-0.4, -0.2) is 61.4 Å². The number of piperazine rings is 1. The van der Waals surface area contributed by atoms with Crippen molar-refractivity contribution < 1.29 is 9.50 Å². The monoisotopic (exact) mass is 576 g/mol. The van der Waals surface area contributed by atoms with E-state index in [2.05, 4.69) is 42.7 Å². The Labute approximate surface area is 245 Å². The lowest BCUT2D eigenvalue weighted by molar-refractivity contribution is 0.154. The predicted molar refractivity (Wildman–Crippen MR) is 164 cm³/mol. The molecule has 0 aliphatic carbocycles. The van der Waals surface area contributed by atoms with E-state index in [1.807, 2.05) is 16.7 Å². The number of benzene rings is 2. The third-order valence-corrected chi connectivity index (χ3v) is 8.35. The Hall–Kier alpha value is -3.76. The Morgan fingerprint density at radius 3 is 2.19 bits per heavy atom. The average molecular weight is 577 g/mol. The maximum Gasteiger partial charge on any atom is 0.332 e. The van der Waals surface area contributed by atoms with E-state index in [0.29, 0.717) is 43.2 Å². The number of fused-ring (bicyclic) bond motifs is 1. The van der Waals surface area contributed by atoms with E-state index in [-0.39, 0.29) is 11.2 Å². The van der Waals surface area contributed by atoms with E-state index in [4.69, 9.17) is 4.98 Å². The predicted octanol–water partition coefficient (Wildman–Crippen LogP) is 3.55. The number of nitrogens with zero attached hydrogens (tertiary/aromatic N) is 6. The van der Waals surface area contributed by atoms with Gasteiger partial charge in [0.2, 0.25) is 5.95 Å². The maximum absolute atomic E-state index is 13.6. The molecule has 0 bridgehead atoms. The lowest BCUT2D eigenvalue weighted by atomic mass is 9.86. The molecular formula is C32H41FN6O3. The van der Waals surface area contributed by atoms with Crippen LogP contribution in [-0.2, 0) is 26.1 Å². The molecule has 3 heterocycles. The average Bonchev–Trinajstić information content (AvgIpc) is 3.35. The van der Waals surface area contributed by atoms with Gasteiger partial charge in [0, 0.05) is 40.3 Å². The molecule has 1 aliphatic rings. The summed E-state index contributed by atoms with van der Waals surface area (Å²) in [5, 5.41) is 10.7. The number of halogens is 1. The standard InChI is InChI=1S/C32H41FN6O3/c1-32(2,3)24-12-10-23(11-13-24)26(40)7-6-16-37-17-19-38(20-18-37)30-34-28-27(29(41)36(5)31(42)35(28)4)39(30)21-22-8-14-25(33)15-9-22/h8-15,26,40H,6-7,16-21H2,1-5H3. The van der Waals surface area contributed by atoms with E-state index < -0.39 is 17.4 Å². The molecule has 4 aromatic rings. The SMILES string of the molecule is Cn1c(=O)c2c(nc(N3CCN(CCCC(O)c4ccc(C(C)(C)C)cc4)CC3)n2Cc2ccc(F)cc2)n(C)c1=O. The highest BCUT2D eigenvalue weighted by molar-refractivity contribution is 5.75. The van der Waals surface area contributed by atoms with Crippen LogP contribution >= 0.6 is 0 Å². The van der Waals surface area contributed by atoms with E-state index in [1.54, 1.807) is 19.2 Å². The first-order chi connectivity index (χ1) is 19.9. The highest BCUT2D eigenvalue weighted by atomic mass is 19.1. The van der Waals surface area contributed by atoms with Gasteiger partial charge in [-0.15, -0.1) is 0 Å². The van der Waals surface area contributed by atoms with Crippen LogP contribution in [0.1, 0.15) is 56.4 Å². The molecule has 0 spiro atoms. The first-order valence-electron chi connectivity index (χ1n) is 14.6. The van der Waals surface area contributed by atoms with E-state index in [1.165, 1.54) is 29.3 Å². The van der Waals surface area contributed by atoms with E-state index in [9.17, 15) is 19.1 Å². The molecule has 1 saturated heterocycles. The van der Waals surface area contributed by atoms with Gasteiger partial charge in [-0.3, -0.25) is 23.4 Å². The summed E-state index contributed by atoms with van der Waals surface area (Å²) in [6.45, 7) is 10.8. The van der Waals surface area contributed by atoms with Crippen molar-refractivity contribution in [3.05, 3.63) is 91.9 Å². The summed E-state index contributed by atoms with van der Waals surface area (Å²) in [5.74, 6) is 0.302. The van der Waals surface area contributed by atoms with Gasteiger partial charge in [0.1, 0.15) is 5.82 Å². The van der Waals surface area contributed by atoms with Gasteiger partial charge in [-0.25, -0.2) is 9.18 Å². The fraction of sp³-hybridized carbons (Fsp3) is 0.469. The highest BCUT2D eigenvalue weighted by Gasteiger charge is 2.26. The van der Waals surface area contributed by atoms with Crippen molar-refractivity contribution in [2.24, 2.45) is 14.1 Å². The van der Waals surface area contributed by atoms with Crippen molar-refractivity contribution in [3.8, 4) is 0 Å². The Bertz CT molecular complexity index is 1660. The lowest BCUT2D eigenvalue weighted by Crippen LogP contribution is -2.47. The molecule has 0 radical (unpaired) electrons. The minimum atomic E-state index is -0.485. The number of rotatable bonds is 8. The third kappa shape index (κ3) is 6.05. The second-order valence-corrected chi connectivity index (χ2v) is 12.4. The zero-order valence-corrected chi connectivity index (χ0v) is 25.2. The van der Waals surface area contributed by atoms with Gasteiger partial charge in [0.05, 0.1) is 12.6 Å². The van der Waals surface area contributed by atoms with Crippen molar-refractivity contribution in [2.45, 2.75) is 51.7 Å². The van der Waals surface area contributed by atoms with Crippen LogP contribution < -0.4 is 16.1 Å². The summed E-state index contributed by atoms with van der Waals surface area (Å²) in [4.78, 5) is 35.2. The third-order valence-electron chi connectivity index (χ3n) is 8.35. The summed E-state index contributed by atoms with van der Waals surface area (Å²) in [6, 6.07) is 14.5. The molecule has 2 aromatic heterocycles. The van der Waals surface area contributed by atoms with Gasteiger partial charge in [0.15, 0.2) is 11.2 Å². The Morgan fingerprint density at radius 2 is 1.57 bits per heavy atom. The number of aromatic nitrogens is 4. The highest BCUT2D eigenvalue weighted by Crippen LogP contribution is 2.26. The van der Waals surface area contributed by atoms with Gasteiger partial charge in [0.25, 0.3) is 5.56 Å². The van der Waals surface area contributed by atoms with Crippen LogP contribution in [0.2, 0.25) is 0 Å². The van der Waals surface area contributed by atoms with Gasteiger partial charge >= 0.3 is 5.69 Å². The molecule has 0 amide bonds. The quantitative estimate of drug-likeness (QED) is 0.345. The molecule has 9 nitrogen and oxygen atoms in total. The second kappa shape index (κ2) is 11.9. The van der Waals surface area contributed by atoms with Crippen LogP contribution in [0.3, 0.4) is 0 Å². The van der Waals surface area contributed by atoms with Crippen molar-refractivity contribution in [1.82, 2.24) is 23.6 Å². The van der Waals surface area contributed by atoms with Crippen LogP contribution in [0.15, 0.2) is 58.1 Å². The molecule has 224 valence electrons. The fourth-order valence-corrected chi connectivity index (χ4v) is 5.65. The lowest BCUT2D eigenvalue weighted by Gasteiger charge is -2.35. The van der Waals surface area contributed by atoms with Crippen molar-refractivity contribution >= 4 is 17.1 Å². The maximum atomic E-state index is 13.6. The molecule has 0 saturated carbocycles. The largest absolute Gasteiger partial charge is 0.388 e. The topological polar surface area (TPSA) is 88.5 Å². The minimum absolute atomic E-state index is 0.0856. The molecule has 1 aliphatic heterocycles. The molecule has 2 aromatic carbocycles. The number of imidazole rings is 1. The van der Waals surface area contributed by atoms with Gasteiger partial charge in [-0.05, 0) is 53.6 Å². The van der Waals surface area contributed by atoms with Crippen molar-refractivity contribution in [3.63, 3.8) is 0 Å². The summed E-state index contributed by atoms with van der Waals surface area (Å²) < 4.78 is 17.9. The van der Waals surface area contributed by atoms with Crippen molar-refractivity contribution in [1.29, 1.82) is 0 Å². The molecule has 1 unspecified atom stereocenters. The van der Waals surface area contributed by atoms with Crippen LogP contribution in [0, 0.1) is 5.82 Å². The molecule has 10 heteroatoms. The first-order valence-corrected chi connectivity index (χ1v) is 14.6. The van der Waals surface area contributed by atoms with E-state index in [0.717, 1.165) is 41.7 Å². The molecule has 1 atom stereocenters. The number of aliphatic hydroxyl groups is 1. The van der Waals surface area contributed by atoms with Gasteiger partial charge < -0.3 is 10.0 Å². The summed E-state index contributed by atoms with van der Waals surface area (Å²) in [7, 11) is 3.09. The number of aliphatic hydroxyl groups excluding tert-OH is 1. The van der Waals surface area contributed by atoms with Crippen LogP contribution in [0.25, 0.3) is 11.2 Å². The fourth-order valence-electron chi connectivity index (χ4n) is 5.65.